The van der Waals surface area contributed by atoms with Gasteiger partial charge in [0.25, 0.3) is 0 Å². The van der Waals surface area contributed by atoms with Crippen LogP contribution < -0.4 is 14.4 Å². The van der Waals surface area contributed by atoms with E-state index in [9.17, 15) is 0 Å². The normalized spacial score (nSPS) is 16.2. The average molecular weight is 487 g/mol. The third kappa shape index (κ3) is 7.76. The lowest BCUT2D eigenvalue weighted by Crippen LogP contribution is -2.48. The zero-order valence-electron chi connectivity index (χ0n) is 22.2. The molecule has 4 heteroatoms. The van der Waals surface area contributed by atoms with Crippen molar-refractivity contribution >= 4 is 5.69 Å². The van der Waals surface area contributed by atoms with Gasteiger partial charge in [0.15, 0.2) is 0 Å². The van der Waals surface area contributed by atoms with Gasteiger partial charge in [-0.15, -0.1) is 0 Å². The molecule has 0 radical (unpaired) electrons. The number of nitrogens with zero attached hydrogens (tertiary/aromatic N) is 2. The molecular weight excluding hydrogens is 444 g/mol. The van der Waals surface area contributed by atoms with E-state index in [2.05, 4.69) is 96.4 Å². The van der Waals surface area contributed by atoms with Crippen molar-refractivity contribution in [3.63, 3.8) is 0 Å². The van der Waals surface area contributed by atoms with Crippen LogP contribution in [0.2, 0.25) is 0 Å². The van der Waals surface area contributed by atoms with Crippen molar-refractivity contribution in [2.45, 2.75) is 59.2 Å². The Labute approximate surface area is 217 Å². The Morgan fingerprint density at radius 1 is 0.861 bits per heavy atom. The van der Waals surface area contributed by atoms with Crippen LogP contribution in [0.25, 0.3) is 0 Å². The molecule has 1 saturated heterocycles. The van der Waals surface area contributed by atoms with E-state index in [0.717, 1.165) is 37.7 Å². The van der Waals surface area contributed by atoms with Gasteiger partial charge in [-0.05, 0) is 86.2 Å². The number of anilines is 1. The summed E-state index contributed by atoms with van der Waals surface area (Å²) in [5.41, 5.74) is 3.85. The summed E-state index contributed by atoms with van der Waals surface area (Å²) in [4.78, 5) is 5.26. The van der Waals surface area contributed by atoms with Gasteiger partial charge >= 0.3 is 0 Å². The van der Waals surface area contributed by atoms with Crippen molar-refractivity contribution in [2.24, 2.45) is 5.92 Å². The Morgan fingerprint density at radius 2 is 1.56 bits per heavy atom. The lowest BCUT2D eigenvalue weighted by Gasteiger charge is -2.41. The van der Waals surface area contributed by atoms with Gasteiger partial charge in [-0.2, -0.15) is 0 Å². The summed E-state index contributed by atoms with van der Waals surface area (Å²) >= 11 is 0. The van der Waals surface area contributed by atoms with Crippen molar-refractivity contribution in [3.05, 3.63) is 90.0 Å². The van der Waals surface area contributed by atoms with Gasteiger partial charge in [0.05, 0.1) is 6.61 Å². The van der Waals surface area contributed by atoms with Crippen LogP contribution in [0.15, 0.2) is 78.9 Å². The summed E-state index contributed by atoms with van der Waals surface area (Å²) in [6.07, 6.45) is 3.67. The van der Waals surface area contributed by atoms with E-state index < -0.39 is 0 Å². The highest BCUT2D eigenvalue weighted by Gasteiger charge is 2.26. The molecule has 1 aliphatic rings. The maximum Gasteiger partial charge on any atom is 0.119 e. The highest BCUT2D eigenvalue weighted by atomic mass is 16.5. The maximum absolute atomic E-state index is 6.04. The first-order chi connectivity index (χ1) is 17.6. The molecule has 192 valence electrons. The molecule has 0 spiro atoms. The second kappa shape index (κ2) is 13.4. The molecule has 1 atom stereocenters. The number of ether oxygens (including phenoxy) is 2. The van der Waals surface area contributed by atoms with E-state index in [4.69, 9.17) is 9.47 Å². The van der Waals surface area contributed by atoms with Crippen LogP contribution in [0, 0.1) is 5.92 Å². The zero-order valence-corrected chi connectivity index (χ0v) is 22.2. The van der Waals surface area contributed by atoms with Gasteiger partial charge in [0.2, 0.25) is 0 Å². The van der Waals surface area contributed by atoms with Crippen LogP contribution in [0.5, 0.6) is 11.5 Å². The topological polar surface area (TPSA) is 24.9 Å². The van der Waals surface area contributed by atoms with Crippen LogP contribution in [-0.2, 0) is 13.2 Å². The molecular formula is C32H42N2O2. The number of hydrogen-bond donors (Lipinski definition) is 0. The van der Waals surface area contributed by atoms with Gasteiger partial charge in [-0.3, -0.25) is 4.90 Å². The Kier molecular flexibility index (Phi) is 9.68. The first kappa shape index (κ1) is 26.1. The number of piperidine rings is 1. The van der Waals surface area contributed by atoms with E-state index >= 15 is 0 Å². The van der Waals surface area contributed by atoms with Crippen LogP contribution in [0.1, 0.15) is 51.2 Å². The zero-order chi connectivity index (χ0) is 25.2. The predicted octanol–water partition coefficient (Wildman–Crippen LogP) is 7.18. The summed E-state index contributed by atoms with van der Waals surface area (Å²) in [7, 11) is 0. The lowest BCUT2D eigenvalue weighted by molar-refractivity contribution is 0.195. The van der Waals surface area contributed by atoms with Crippen LogP contribution >= 0.6 is 0 Å². The van der Waals surface area contributed by atoms with Crippen molar-refractivity contribution in [3.8, 4) is 11.5 Å². The van der Waals surface area contributed by atoms with Crippen molar-refractivity contribution in [1.29, 1.82) is 0 Å². The molecule has 4 nitrogen and oxygen atoms in total. The fourth-order valence-electron chi connectivity index (χ4n) is 4.94. The number of rotatable bonds is 12. The molecule has 0 bridgehead atoms. The minimum Gasteiger partial charge on any atom is -0.494 e. The monoisotopic (exact) mass is 486 g/mol. The Balaban J connectivity index is 1.40. The predicted molar refractivity (Wildman–Crippen MR) is 150 cm³/mol. The summed E-state index contributed by atoms with van der Waals surface area (Å²) in [5, 5.41) is 0. The Morgan fingerprint density at radius 3 is 2.25 bits per heavy atom. The summed E-state index contributed by atoms with van der Waals surface area (Å²) in [6, 6.07) is 28.2. The molecule has 1 aliphatic heterocycles. The molecule has 1 heterocycles. The second-order valence-corrected chi connectivity index (χ2v) is 10.3. The molecule has 1 fully saturated rings. The minimum absolute atomic E-state index is 0.524. The fourth-order valence-corrected chi connectivity index (χ4v) is 4.94. The molecule has 36 heavy (non-hydrogen) atoms. The van der Waals surface area contributed by atoms with Gasteiger partial charge in [-0.1, -0.05) is 56.3 Å². The first-order valence-electron chi connectivity index (χ1n) is 13.6. The average Bonchev–Trinajstić information content (AvgIpc) is 2.90. The van der Waals surface area contributed by atoms with Gasteiger partial charge in [0.1, 0.15) is 18.1 Å². The van der Waals surface area contributed by atoms with E-state index in [1.165, 1.54) is 36.1 Å². The summed E-state index contributed by atoms with van der Waals surface area (Å²) in [5.74, 6) is 2.56. The summed E-state index contributed by atoms with van der Waals surface area (Å²) < 4.78 is 11.7. The van der Waals surface area contributed by atoms with E-state index in [-0.39, 0.29) is 0 Å². The lowest BCUT2D eigenvalue weighted by atomic mass is 10.0. The number of benzene rings is 3. The highest BCUT2D eigenvalue weighted by molar-refractivity contribution is 5.50. The van der Waals surface area contributed by atoms with Crippen molar-refractivity contribution < 1.29 is 9.47 Å². The highest BCUT2D eigenvalue weighted by Crippen LogP contribution is 2.27. The third-order valence-corrected chi connectivity index (χ3v) is 6.93. The maximum atomic E-state index is 6.04. The summed E-state index contributed by atoms with van der Waals surface area (Å²) in [6.45, 7) is 12.3. The van der Waals surface area contributed by atoms with Crippen LogP contribution in [0.4, 0.5) is 5.69 Å². The Bertz CT molecular complexity index is 1020. The van der Waals surface area contributed by atoms with Gasteiger partial charge < -0.3 is 14.4 Å². The van der Waals surface area contributed by atoms with Gasteiger partial charge in [-0.25, -0.2) is 0 Å². The smallest absolute Gasteiger partial charge is 0.119 e. The third-order valence-electron chi connectivity index (χ3n) is 6.93. The first-order valence-corrected chi connectivity index (χ1v) is 13.6. The molecule has 0 aromatic heterocycles. The quantitative estimate of drug-likeness (QED) is 0.271. The molecule has 3 aromatic carbocycles. The van der Waals surface area contributed by atoms with E-state index in [0.29, 0.717) is 25.2 Å². The van der Waals surface area contributed by atoms with Crippen molar-refractivity contribution in [1.82, 2.24) is 4.90 Å². The SMILES string of the molecule is CCOc1ccc(CN2CCCC(N(CCC(C)C)c3ccc(OCc4ccccc4)cc3)C2)cc1. The second-order valence-electron chi connectivity index (χ2n) is 10.3. The number of likely N-dealkylation sites (tertiary alicyclic amines) is 1. The number of hydrogen-bond acceptors (Lipinski definition) is 4. The molecule has 0 N–H and O–H groups in total. The van der Waals surface area contributed by atoms with Crippen LogP contribution in [-0.4, -0.2) is 37.2 Å². The largest absolute Gasteiger partial charge is 0.494 e. The Hall–Kier alpha value is -2.98. The molecule has 4 rings (SSSR count). The minimum atomic E-state index is 0.524. The molecule has 0 amide bonds. The molecule has 1 unspecified atom stereocenters. The van der Waals surface area contributed by atoms with E-state index in [1.807, 2.05) is 13.0 Å². The molecule has 3 aromatic rings. The molecule has 0 aliphatic carbocycles. The standard InChI is InChI=1S/C32H42N2O2/c1-4-35-31-16-12-27(13-17-31)23-33-21-8-11-30(24-33)34(22-20-26(2)3)29-14-18-32(19-15-29)36-25-28-9-6-5-7-10-28/h5-7,9-10,12-19,26,30H,4,8,11,20-25H2,1-3H3. The fraction of sp³-hybridized carbons (Fsp3) is 0.438. The van der Waals surface area contributed by atoms with Crippen LogP contribution in [0.3, 0.4) is 0 Å². The van der Waals surface area contributed by atoms with E-state index in [1.54, 1.807) is 0 Å². The van der Waals surface area contributed by atoms with Crippen molar-refractivity contribution in [2.75, 3.05) is 31.1 Å². The molecule has 0 saturated carbocycles. The van der Waals surface area contributed by atoms with Gasteiger partial charge in [0, 0.05) is 31.4 Å².